The van der Waals surface area contributed by atoms with Gasteiger partial charge in [-0.15, -0.1) is 0 Å². The number of hydrogen-bond acceptors (Lipinski definition) is 2. The lowest BCUT2D eigenvalue weighted by Gasteiger charge is -2.27. The Hall–Kier alpha value is -1.32. The molecule has 1 heterocycles. The van der Waals surface area contributed by atoms with Crippen molar-refractivity contribution in [2.75, 3.05) is 0 Å². The Kier molecular flexibility index (Phi) is 4.32. The van der Waals surface area contributed by atoms with Gasteiger partial charge in [-0.2, -0.15) is 5.10 Å². The molecule has 116 valence electrons. The van der Waals surface area contributed by atoms with Gasteiger partial charge in [0.2, 0.25) is 0 Å². The lowest BCUT2D eigenvalue weighted by atomic mass is 9.82. The molecule has 1 aromatic heterocycles. The summed E-state index contributed by atoms with van der Waals surface area (Å²) in [7, 11) is 0. The van der Waals surface area contributed by atoms with Crippen LogP contribution >= 0.6 is 0 Å². The van der Waals surface area contributed by atoms with Crippen LogP contribution in [0.4, 0.5) is 0 Å². The minimum absolute atomic E-state index is 0.179. The molecule has 21 heavy (non-hydrogen) atoms. The second-order valence-electron chi connectivity index (χ2n) is 6.58. The largest absolute Gasteiger partial charge is 0.481 e. The van der Waals surface area contributed by atoms with Crippen LogP contribution in [0.1, 0.15) is 87.2 Å². The Labute approximate surface area is 126 Å². The average molecular weight is 290 g/mol. The zero-order chi connectivity index (χ0) is 14.8. The van der Waals surface area contributed by atoms with Crippen molar-refractivity contribution in [1.29, 1.82) is 0 Å². The molecule has 1 N–H and O–H groups in total. The molecule has 2 aliphatic carbocycles. The fourth-order valence-electron chi connectivity index (χ4n) is 4.22. The summed E-state index contributed by atoms with van der Waals surface area (Å²) < 4.78 is 2.29. The van der Waals surface area contributed by atoms with Crippen molar-refractivity contribution < 1.29 is 9.90 Å². The molecular formula is C17H26N2O2. The standard InChI is InChI=1S/C17H26N2O2/c1-2-14-17-12(11-16(20)21)7-6-10-15(17)19(18-14)13-8-4-3-5-9-13/h12-13H,2-11H2,1H3,(H,20,21). The number of rotatable bonds is 4. The maximum Gasteiger partial charge on any atom is 0.303 e. The number of carbonyl (C=O) groups is 1. The van der Waals surface area contributed by atoms with Crippen molar-refractivity contribution in [2.24, 2.45) is 0 Å². The number of nitrogens with zero attached hydrogens (tertiary/aromatic N) is 2. The summed E-state index contributed by atoms with van der Waals surface area (Å²) in [5.41, 5.74) is 3.80. The van der Waals surface area contributed by atoms with Crippen LogP contribution in [0, 0.1) is 0 Å². The molecular weight excluding hydrogens is 264 g/mol. The highest BCUT2D eigenvalue weighted by Gasteiger charge is 2.31. The van der Waals surface area contributed by atoms with Gasteiger partial charge in [0, 0.05) is 11.3 Å². The molecule has 1 atom stereocenters. The maximum absolute atomic E-state index is 11.2. The van der Waals surface area contributed by atoms with Gasteiger partial charge in [-0.25, -0.2) is 0 Å². The summed E-state index contributed by atoms with van der Waals surface area (Å²) >= 11 is 0. The van der Waals surface area contributed by atoms with Gasteiger partial charge in [-0.05, 0) is 44.4 Å². The van der Waals surface area contributed by atoms with Crippen molar-refractivity contribution in [3.63, 3.8) is 0 Å². The molecule has 4 nitrogen and oxygen atoms in total. The van der Waals surface area contributed by atoms with Gasteiger partial charge in [0.1, 0.15) is 0 Å². The first-order valence-corrected chi connectivity index (χ1v) is 8.52. The summed E-state index contributed by atoms with van der Waals surface area (Å²) in [5.74, 6) is -0.501. The zero-order valence-electron chi connectivity index (χ0n) is 13.0. The van der Waals surface area contributed by atoms with Crippen molar-refractivity contribution >= 4 is 5.97 Å². The first-order chi connectivity index (χ1) is 10.2. The lowest BCUT2D eigenvalue weighted by Crippen LogP contribution is -2.20. The first-order valence-electron chi connectivity index (χ1n) is 8.52. The minimum Gasteiger partial charge on any atom is -0.481 e. The van der Waals surface area contributed by atoms with E-state index in [4.69, 9.17) is 5.10 Å². The molecule has 0 saturated heterocycles. The van der Waals surface area contributed by atoms with Gasteiger partial charge in [0.25, 0.3) is 0 Å². The van der Waals surface area contributed by atoms with Gasteiger partial charge < -0.3 is 5.11 Å². The number of aliphatic carboxylic acids is 1. The molecule has 1 saturated carbocycles. The van der Waals surface area contributed by atoms with Crippen LogP contribution in [-0.2, 0) is 17.6 Å². The highest BCUT2D eigenvalue weighted by molar-refractivity contribution is 5.68. The molecule has 0 radical (unpaired) electrons. The number of fused-ring (bicyclic) bond motifs is 1. The average Bonchev–Trinajstić information content (AvgIpc) is 2.87. The lowest BCUT2D eigenvalue weighted by molar-refractivity contribution is -0.137. The smallest absolute Gasteiger partial charge is 0.303 e. The summed E-state index contributed by atoms with van der Waals surface area (Å²) in [6, 6.07) is 0.552. The van der Waals surface area contributed by atoms with Crippen LogP contribution in [0.5, 0.6) is 0 Å². The summed E-state index contributed by atoms with van der Waals surface area (Å²) in [5, 5.41) is 14.1. The van der Waals surface area contributed by atoms with Crippen LogP contribution < -0.4 is 0 Å². The third kappa shape index (κ3) is 2.85. The van der Waals surface area contributed by atoms with Gasteiger partial charge in [-0.1, -0.05) is 26.2 Å². The van der Waals surface area contributed by atoms with Gasteiger partial charge >= 0.3 is 5.97 Å². The van der Waals surface area contributed by atoms with E-state index >= 15 is 0 Å². The number of aromatic nitrogens is 2. The molecule has 0 amide bonds. The highest BCUT2D eigenvalue weighted by Crippen LogP contribution is 2.39. The third-order valence-corrected chi connectivity index (χ3v) is 5.18. The minimum atomic E-state index is -0.680. The summed E-state index contributed by atoms with van der Waals surface area (Å²) in [6.45, 7) is 2.14. The third-order valence-electron chi connectivity index (χ3n) is 5.18. The molecule has 4 heteroatoms. The molecule has 0 bridgehead atoms. The molecule has 3 rings (SSSR count). The van der Waals surface area contributed by atoms with Crippen molar-refractivity contribution in [3.05, 3.63) is 17.0 Å². The Morgan fingerprint density at radius 3 is 2.67 bits per heavy atom. The fourth-order valence-corrected chi connectivity index (χ4v) is 4.22. The number of carboxylic acids is 1. The number of aryl methyl sites for hydroxylation is 1. The fraction of sp³-hybridized carbons (Fsp3) is 0.765. The van der Waals surface area contributed by atoms with E-state index in [0.717, 1.165) is 31.4 Å². The molecule has 0 aromatic carbocycles. The molecule has 0 aliphatic heterocycles. The Morgan fingerprint density at radius 2 is 2.00 bits per heavy atom. The summed E-state index contributed by atoms with van der Waals surface area (Å²) in [6.07, 6.45) is 10.8. The molecule has 2 aliphatic rings. The molecule has 1 unspecified atom stereocenters. The van der Waals surface area contributed by atoms with E-state index in [9.17, 15) is 9.90 Å². The predicted octanol–water partition coefficient (Wildman–Crippen LogP) is 3.85. The van der Waals surface area contributed by atoms with Crippen LogP contribution in [-0.4, -0.2) is 20.9 Å². The van der Waals surface area contributed by atoms with Gasteiger partial charge in [0.15, 0.2) is 0 Å². The van der Waals surface area contributed by atoms with Crippen molar-refractivity contribution in [1.82, 2.24) is 9.78 Å². The van der Waals surface area contributed by atoms with Crippen molar-refractivity contribution in [2.45, 2.75) is 83.1 Å². The van der Waals surface area contributed by atoms with Gasteiger partial charge in [-0.3, -0.25) is 9.48 Å². The molecule has 0 spiro atoms. The van der Waals surface area contributed by atoms with Crippen LogP contribution in [0.25, 0.3) is 0 Å². The Bertz CT molecular complexity index is 515. The number of hydrogen-bond donors (Lipinski definition) is 1. The zero-order valence-corrected chi connectivity index (χ0v) is 13.0. The highest BCUT2D eigenvalue weighted by atomic mass is 16.4. The van der Waals surface area contributed by atoms with Gasteiger partial charge in [0.05, 0.1) is 18.2 Å². The van der Waals surface area contributed by atoms with Crippen molar-refractivity contribution in [3.8, 4) is 0 Å². The first kappa shape index (κ1) is 14.6. The SMILES string of the molecule is CCc1nn(C2CCCCC2)c2c1C(CC(=O)O)CCC2. The van der Waals surface area contributed by atoms with E-state index in [1.54, 1.807) is 0 Å². The Balaban J connectivity index is 1.96. The van der Waals surface area contributed by atoms with E-state index in [0.29, 0.717) is 6.04 Å². The van der Waals surface area contributed by atoms with E-state index in [1.807, 2.05) is 0 Å². The molecule has 1 aromatic rings. The maximum atomic E-state index is 11.2. The number of carboxylic acid groups (broad SMARTS) is 1. The Morgan fingerprint density at radius 1 is 1.24 bits per heavy atom. The normalized spacial score (nSPS) is 23.0. The van der Waals surface area contributed by atoms with Crippen LogP contribution in [0.15, 0.2) is 0 Å². The second kappa shape index (κ2) is 6.20. The summed E-state index contributed by atoms with van der Waals surface area (Å²) in [4.78, 5) is 11.2. The predicted molar refractivity (Wildman–Crippen MR) is 81.7 cm³/mol. The van der Waals surface area contributed by atoms with E-state index in [2.05, 4.69) is 11.6 Å². The van der Waals surface area contributed by atoms with Crippen LogP contribution in [0.2, 0.25) is 0 Å². The quantitative estimate of drug-likeness (QED) is 0.916. The van der Waals surface area contributed by atoms with Crippen LogP contribution in [0.3, 0.4) is 0 Å². The monoisotopic (exact) mass is 290 g/mol. The topological polar surface area (TPSA) is 55.1 Å². The molecule has 1 fully saturated rings. The van der Waals surface area contributed by atoms with E-state index < -0.39 is 5.97 Å². The second-order valence-corrected chi connectivity index (χ2v) is 6.58. The van der Waals surface area contributed by atoms with E-state index in [1.165, 1.54) is 43.4 Å². The van der Waals surface area contributed by atoms with E-state index in [-0.39, 0.29) is 12.3 Å².